The van der Waals surface area contributed by atoms with E-state index in [-0.39, 0.29) is 11.3 Å². The molecule has 94 valence electrons. The molecular weight excluding hydrogens is 234 g/mol. The lowest BCUT2D eigenvalue weighted by atomic mass is 10.1. The number of ketones is 1. The minimum atomic E-state index is -0.368. The van der Waals surface area contributed by atoms with E-state index in [1.165, 1.54) is 21.3 Å². The molecule has 5 heteroatoms. The molecule has 0 fully saturated rings. The number of nitrogens with zero attached hydrogens (tertiary/aromatic N) is 1. The molecule has 0 amide bonds. The summed E-state index contributed by atoms with van der Waals surface area (Å²) in [7, 11) is 4.39. The Hall–Kier alpha value is -2.48. The van der Waals surface area contributed by atoms with Crippen LogP contribution in [0.25, 0.3) is 0 Å². The van der Waals surface area contributed by atoms with Gasteiger partial charge in [0.05, 0.1) is 27.4 Å². The zero-order chi connectivity index (χ0) is 13.5. The van der Waals surface area contributed by atoms with Crippen LogP contribution in [0.2, 0.25) is 0 Å². The highest BCUT2D eigenvalue weighted by atomic mass is 16.5. The second kappa shape index (κ2) is 6.30. The largest absolute Gasteiger partial charge is 0.496 e. The van der Waals surface area contributed by atoms with Gasteiger partial charge in [0.2, 0.25) is 0 Å². The molecule has 1 aromatic carbocycles. The average molecular weight is 247 g/mol. The molecule has 0 saturated carbocycles. The molecule has 0 atom stereocenters. The van der Waals surface area contributed by atoms with E-state index in [4.69, 9.17) is 19.5 Å². The minimum Gasteiger partial charge on any atom is -0.496 e. The number of benzene rings is 1. The summed E-state index contributed by atoms with van der Waals surface area (Å²) in [5, 5.41) is 8.43. The third-order valence-corrected chi connectivity index (χ3v) is 2.27. The lowest BCUT2D eigenvalue weighted by Gasteiger charge is -2.12. The Morgan fingerprint density at radius 1 is 1.17 bits per heavy atom. The molecule has 0 radical (unpaired) electrons. The number of carbonyl (C=O) groups excluding carboxylic acids is 1. The van der Waals surface area contributed by atoms with Gasteiger partial charge in [-0.05, 0) is 6.08 Å². The molecule has 0 bridgehead atoms. The zero-order valence-corrected chi connectivity index (χ0v) is 10.4. The van der Waals surface area contributed by atoms with Gasteiger partial charge in [0.1, 0.15) is 22.8 Å². The van der Waals surface area contributed by atoms with Crippen molar-refractivity contribution in [2.45, 2.75) is 0 Å². The summed E-state index contributed by atoms with van der Waals surface area (Å²) in [6.45, 7) is 0. The predicted molar refractivity (Wildman–Crippen MR) is 65.2 cm³/mol. The molecular formula is C13H13NO4. The number of nitriles is 1. The lowest BCUT2D eigenvalue weighted by molar-refractivity contribution is 0.104. The molecule has 0 aliphatic rings. The quantitative estimate of drug-likeness (QED) is 0.452. The van der Waals surface area contributed by atoms with Crippen molar-refractivity contribution in [2.24, 2.45) is 0 Å². The van der Waals surface area contributed by atoms with Gasteiger partial charge in [-0.15, -0.1) is 0 Å². The summed E-state index contributed by atoms with van der Waals surface area (Å²) < 4.78 is 15.3. The molecule has 0 spiro atoms. The van der Waals surface area contributed by atoms with Gasteiger partial charge >= 0.3 is 0 Å². The fourth-order valence-corrected chi connectivity index (χ4v) is 1.44. The SMILES string of the molecule is COc1cc(OC)c(C(=O)C=CC#N)c(OC)c1. The Bertz CT molecular complexity index is 489. The summed E-state index contributed by atoms with van der Waals surface area (Å²) in [5.41, 5.74) is 0.257. The van der Waals surface area contributed by atoms with Gasteiger partial charge in [-0.2, -0.15) is 5.26 Å². The molecule has 18 heavy (non-hydrogen) atoms. The maximum atomic E-state index is 11.9. The average Bonchev–Trinajstić information content (AvgIpc) is 2.42. The maximum absolute atomic E-state index is 11.9. The van der Waals surface area contributed by atoms with E-state index < -0.39 is 0 Å². The first-order chi connectivity index (χ1) is 8.67. The number of hydrogen-bond acceptors (Lipinski definition) is 5. The second-order valence-corrected chi connectivity index (χ2v) is 3.23. The highest BCUT2D eigenvalue weighted by molar-refractivity contribution is 6.09. The molecule has 0 heterocycles. The van der Waals surface area contributed by atoms with E-state index in [0.717, 1.165) is 12.2 Å². The highest BCUT2D eigenvalue weighted by Crippen LogP contribution is 2.34. The van der Waals surface area contributed by atoms with Crippen molar-refractivity contribution in [3.05, 3.63) is 29.8 Å². The third-order valence-electron chi connectivity index (χ3n) is 2.27. The summed E-state index contributed by atoms with van der Waals surface area (Å²) in [4.78, 5) is 11.9. The molecule has 0 aliphatic heterocycles. The van der Waals surface area contributed by atoms with E-state index in [9.17, 15) is 4.79 Å². The summed E-state index contributed by atoms with van der Waals surface area (Å²) >= 11 is 0. The molecule has 0 saturated heterocycles. The molecule has 1 aromatic rings. The Labute approximate surface area is 105 Å². The van der Waals surface area contributed by atoms with Crippen LogP contribution < -0.4 is 14.2 Å². The standard InChI is InChI=1S/C13H13NO4/c1-16-9-7-11(17-2)13(12(8-9)18-3)10(15)5-4-6-14/h4-5,7-8H,1-3H3. The van der Waals surface area contributed by atoms with E-state index in [1.807, 2.05) is 0 Å². The van der Waals surface area contributed by atoms with Gasteiger partial charge in [-0.3, -0.25) is 4.79 Å². The predicted octanol–water partition coefficient (Wildman–Crippen LogP) is 1.97. The van der Waals surface area contributed by atoms with Crippen LogP contribution >= 0.6 is 0 Å². The number of allylic oxidation sites excluding steroid dienone is 2. The van der Waals surface area contributed by atoms with Crippen molar-refractivity contribution in [2.75, 3.05) is 21.3 Å². The van der Waals surface area contributed by atoms with Crippen LogP contribution in [0, 0.1) is 11.3 Å². The van der Waals surface area contributed by atoms with Crippen molar-refractivity contribution in [1.82, 2.24) is 0 Å². The van der Waals surface area contributed by atoms with Crippen LogP contribution in [0.3, 0.4) is 0 Å². The fraction of sp³-hybridized carbons (Fsp3) is 0.231. The van der Waals surface area contributed by atoms with Crippen molar-refractivity contribution in [3.8, 4) is 23.3 Å². The first-order valence-corrected chi connectivity index (χ1v) is 5.08. The summed E-state index contributed by atoms with van der Waals surface area (Å²) in [6.07, 6.45) is 2.26. The highest BCUT2D eigenvalue weighted by Gasteiger charge is 2.18. The van der Waals surface area contributed by atoms with E-state index >= 15 is 0 Å². The zero-order valence-electron chi connectivity index (χ0n) is 10.4. The molecule has 1 rings (SSSR count). The molecule has 0 unspecified atom stereocenters. The second-order valence-electron chi connectivity index (χ2n) is 3.23. The third kappa shape index (κ3) is 2.80. The topological polar surface area (TPSA) is 68.5 Å². The van der Waals surface area contributed by atoms with Crippen molar-refractivity contribution >= 4 is 5.78 Å². The van der Waals surface area contributed by atoms with Gasteiger partial charge in [0.15, 0.2) is 5.78 Å². The Balaban J connectivity index is 3.36. The van der Waals surface area contributed by atoms with Gasteiger partial charge < -0.3 is 14.2 Å². The molecule has 5 nitrogen and oxygen atoms in total. The smallest absolute Gasteiger partial charge is 0.194 e. The summed E-state index contributed by atoms with van der Waals surface area (Å²) in [5.74, 6) is 0.815. The van der Waals surface area contributed by atoms with E-state index in [1.54, 1.807) is 18.2 Å². The number of ether oxygens (including phenoxy) is 3. The maximum Gasteiger partial charge on any atom is 0.194 e. The first-order valence-electron chi connectivity index (χ1n) is 5.08. The van der Waals surface area contributed by atoms with Crippen LogP contribution in [0.5, 0.6) is 17.2 Å². The van der Waals surface area contributed by atoms with Crippen LogP contribution in [-0.2, 0) is 0 Å². The Kier molecular flexibility index (Phi) is 4.76. The van der Waals surface area contributed by atoms with E-state index in [0.29, 0.717) is 17.2 Å². The van der Waals surface area contributed by atoms with Crippen LogP contribution in [0.15, 0.2) is 24.3 Å². The van der Waals surface area contributed by atoms with Crippen molar-refractivity contribution in [1.29, 1.82) is 5.26 Å². The van der Waals surface area contributed by atoms with Gasteiger partial charge in [-0.25, -0.2) is 0 Å². The number of methoxy groups -OCH3 is 3. The molecule has 0 N–H and O–H groups in total. The lowest BCUT2D eigenvalue weighted by Crippen LogP contribution is -2.03. The fourth-order valence-electron chi connectivity index (χ4n) is 1.44. The Morgan fingerprint density at radius 3 is 2.11 bits per heavy atom. The number of hydrogen-bond donors (Lipinski definition) is 0. The van der Waals surface area contributed by atoms with Gasteiger partial charge in [0.25, 0.3) is 0 Å². The molecule has 0 aliphatic carbocycles. The normalized spacial score (nSPS) is 9.89. The first kappa shape index (κ1) is 13.6. The number of rotatable bonds is 5. The van der Waals surface area contributed by atoms with Crippen LogP contribution in [0.1, 0.15) is 10.4 Å². The van der Waals surface area contributed by atoms with Gasteiger partial charge in [0, 0.05) is 18.2 Å². The van der Waals surface area contributed by atoms with Crippen LogP contribution in [-0.4, -0.2) is 27.1 Å². The molecule has 0 aromatic heterocycles. The van der Waals surface area contributed by atoms with Crippen LogP contribution in [0.4, 0.5) is 0 Å². The van der Waals surface area contributed by atoms with E-state index in [2.05, 4.69) is 0 Å². The minimum absolute atomic E-state index is 0.257. The summed E-state index contributed by atoms with van der Waals surface area (Å²) in [6, 6.07) is 4.92. The van der Waals surface area contributed by atoms with Crippen molar-refractivity contribution < 1.29 is 19.0 Å². The monoisotopic (exact) mass is 247 g/mol. The van der Waals surface area contributed by atoms with Gasteiger partial charge in [-0.1, -0.05) is 0 Å². The number of carbonyl (C=O) groups is 1. The Morgan fingerprint density at radius 2 is 1.72 bits per heavy atom. The van der Waals surface area contributed by atoms with Crippen molar-refractivity contribution in [3.63, 3.8) is 0 Å².